The number of benzene rings is 1. The van der Waals surface area contributed by atoms with Gasteiger partial charge in [-0.3, -0.25) is 14.9 Å². The number of piperidine rings is 1. The molecule has 2 heterocycles. The minimum Gasteiger partial charge on any atom is -0.461 e. The lowest BCUT2D eigenvalue weighted by atomic mass is 9.86. The van der Waals surface area contributed by atoms with E-state index in [4.69, 9.17) is 4.42 Å². The molecule has 0 spiro atoms. The SMILES string of the molecule is Cc1oc2cccc(C3CC(=O)NC(=O)C3)c2c1C. The summed E-state index contributed by atoms with van der Waals surface area (Å²) in [7, 11) is 0. The molecule has 0 atom stereocenters. The predicted molar refractivity (Wildman–Crippen MR) is 70.8 cm³/mol. The Balaban J connectivity index is 2.14. The van der Waals surface area contributed by atoms with Gasteiger partial charge in [0.05, 0.1) is 0 Å². The highest BCUT2D eigenvalue weighted by Crippen LogP contribution is 2.35. The molecule has 19 heavy (non-hydrogen) atoms. The average molecular weight is 257 g/mol. The van der Waals surface area contributed by atoms with E-state index in [2.05, 4.69) is 5.32 Å². The minimum absolute atomic E-state index is 0.0550. The quantitative estimate of drug-likeness (QED) is 0.799. The van der Waals surface area contributed by atoms with Crippen LogP contribution in [0.1, 0.15) is 35.6 Å². The zero-order valence-electron chi connectivity index (χ0n) is 10.9. The van der Waals surface area contributed by atoms with Crippen LogP contribution in [0, 0.1) is 13.8 Å². The zero-order chi connectivity index (χ0) is 13.6. The number of carbonyl (C=O) groups excluding carboxylic acids is 2. The average Bonchev–Trinajstić information content (AvgIpc) is 2.64. The second-order valence-electron chi connectivity index (χ2n) is 5.08. The highest BCUT2D eigenvalue weighted by molar-refractivity contribution is 5.99. The summed E-state index contributed by atoms with van der Waals surface area (Å²) in [5, 5.41) is 3.39. The van der Waals surface area contributed by atoms with Gasteiger partial charge in [-0.15, -0.1) is 0 Å². The van der Waals surface area contributed by atoms with E-state index in [1.807, 2.05) is 32.0 Å². The van der Waals surface area contributed by atoms with Crippen LogP contribution in [0.2, 0.25) is 0 Å². The van der Waals surface area contributed by atoms with Gasteiger partial charge in [0.2, 0.25) is 11.8 Å². The van der Waals surface area contributed by atoms with Gasteiger partial charge in [0.15, 0.2) is 0 Å². The van der Waals surface area contributed by atoms with Crippen LogP contribution in [0.5, 0.6) is 0 Å². The lowest BCUT2D eigenvalue weighted by molar-refractivity contribution is -0.133. The van der Waals surface area contributed by atoms with Crippen molar-refractivity contribution in [2.45, 2.75) is 32.6 Å². The molecule has 98 valence electrons. The van der Waals surface area contributed by atoms with Gasteiger partial charge in [0.25, 0.3) is 0 Å². The molecule has 0 bridgehead atoms. The van der Waals surface area contributed by atoms with Crippen molar-refractivity contribution >= 4 is 22.8 Å². The highest BCUT2D eigenvalue weighted by Gasteiger charge is 2.28. The van der Waals surface area contributed by atoms with Crippen molar-refractivity contribution in [2.24, 2.45) is 0 Å². The molecule has 2 amide bonds. The van der Waals surface area contributed by atoms with Crippen LogP contribution in [-0.4, -0.2) is 11.8 Å². The minimum atomic E-state index is -0.198. The fourth-order valence-electron chi connectivity index (χ4n) is 2.79. The van der Waals surface area contributed by atoms with Gasteiger partial charge >= 0.3 is 0 Å². The molecule has 3 rings (SSSR count). The number of imide groups is 1. The van der Waals surface area contributed by atoms with Crippen LogP contribution in [-0.2, 0) is 9.59 Å². The summed E-state index contributed by atoms with van der Waals surface area (Å²) in [5.74, 6) is 0.432. The first-order valence-corrected chi connectivity index (χ1v) is 6.37. The Morgan fingerprint density at radius 3 is 2.53 bits per heavy atom. The topological polar surface area (TPSA) is 59.3 Å². The number of amides is 2. The van der Waals surface area contributed by atoms with Gasteiger partial charge < -0.3 is 4.42 Å². The summed E-state index contributed by atoms with van der Waals surface area (Å²) < 4.78 is 5.70. The molecular weight excluding hydrogens is 242 g/mol. The fourth-order valence-corrected chi connectivity index (χ4v) is 2.79. The second-order valence-corrected chi connectivity index (χ2v) is 5.08. The van der Waals surface area contributed by atoms with Gasteiger partial charge in [0.1, 0.15) is 11.3 Å². The van der Waals surface area contributed by atoms with Gasteiger partial charge in [-0.05, 0) is 31.0 Å². The lowest BCUT2D eigenvalue weighted by Crippen LogP contribution is -2.37. The highest BCUT2D eigenvalue weighted by atomic mass is 16.3. The Hall–Kier alpha value is -2.10. The summed E-state index contributed by atoms with van der Waals surface area (Å²) in [4.78, 5) is 23.1. The van der Waals surface area contributed by atoms with E-state index < -0.39 is 0 Å². The molecule has 0 saturated carbocycles. The monoisotopic (exact) mass is 257 g/mol. The molecule has 1 fully saturated rings. The Morgan fingerprint density at radius 2 is 1.84 bits per heavy atom. The molecule has 1 N–H and O–H groups in total. The van der Waals surface area contributed by atoms with Crippen molar-refractivity contribution in [2.75, 3.05) is 0 Å². The van der Waals surface area contributed by atoms with Crippen molar-refractivity contribution in [3.63, 3.8) is 0 Å². The van der Waals surface area contributed by atoms with Crippen molar-refractivity contribution in [1.82, 2.24) is 5.32 Å². The summed E-state index contributed by atoms with van der Waals surface area (Å²) in [6.07, 6.45) is 0.711. The van der Waals surface area contributed by atoms with E-state index >= 15 is 0 Å². The number of carbonyl (C=O) groups is 2. The number of hydrogen-bond acceptors (Lipinski definition) is 3. The Labute approximate surface area is 110 Å². The molecule has 1 saturated heterocycles. The maximum atomic E-state index is 11.5. The Bertz CT molecular complexity index is 668. The molecule has 1 aromatic heterocycles. The maximum Gasteiger partial charge on any atom is 0.227 e. The van der Waals surface area contributed by atoms with Gasteiger partial charge in [-0.1, -0.05) is 12.1 Å². The van der Waals surface area contributed by atoms with Crippen LogP contribution in [0.3, 0.4) is 0 Å². The predicted octanol–water partition coefficient (Wildman–Crippen LogP) is 2.57. The van der Waals surface area contributed by atoms with Crippen LogP contribution >= 0.6 is 0 Å². The molecule has 1 aliphatic heterocycles. The van der Waals surface area contributed by atoms with E-state index in [-0.39, 0.29) is 17.7 Å². The van der Waals surface area contributed by atoms with Crippen molar-refractivity contribution < 1.29 is 14.0 Å². The van der Waals surface area contributed by atoms with Crippen LogP contribution in [0.15, 0.2) is 22.6 Å². The number of fused-ring (bicyclic) bond motifs is 1. The first kappa shape index (κ1) is 12.0. The third-order valence-corrected chi connectivity index (χ3v) is 3.81. The van der Waals surface area contributed by atoms with E-state index in [1.54, 1.807) is 0 Å². The summed E-state index contributed by atoms with van der Waals surface area (Å²) in [6.45, 7) is 3.94. The lowest BCUT2D eigenvalue weighted by Gasteiger charge is -2.21. The van der Waals surface area contributed by atoms with E-state index in [1.165, 1.54) is 0 Å². The molecule has 2 aromatic rings. The first-order valence-electron chi connectivity index (χ1n) is 6.37. The van der Waals surface area contributed by atoms with Gasteiger partial charge in [0, 0.05) is 24.1 Å². The second kappa shape index (κ2) is 4.23. The Kier molecular flexibility index (Phi) is 2.66. The molecular formula is C15H15NO3. The summed E-state index contributed by atoms with van der Waals surface area (Å²) in [5.41, 5.74) is 2.95. The molecule has 1 aromatic carbocycles. The summed E-state index contributed by atoms with van der Waals surface area (Å²) in [6, 6.07) is 5.82. The van der Waals surface area contributed by atoms with E-state index in [0.29, 0.717) is 12.8 Å². The molecule has 0 radical (unpaired) electrons. The van der Waals surface area contributed by atoms with Gasteiger partial charge in [-0.25, -0.2) is 0 Å². The van der Waals surface area contributed by atoms with Crippen molar-refractivity contribution in [1.29, 1.82) is 0 Å². The van der Waals surface area contributed by atoms with Crippen molar-refractivity contribution in [3.8, 4) is 0 Å². The fraction of sp³-hybridized carbons (Fsp3) is 0.333. The maximum absolute atomic E-state index is 11.5. The number of nitrogens with one attached hydrogen (secondary N) is 1. The first-order chi connectivity index (χ1) is 9.06. The molecule has 4 heteroatoms. The van der Waals surface area contributed by atoms with Gasteiger partial charge in [-0.2, -0.15) is 0 Å². The molecule has 4 nitrogen and oxygen atoms in total. The molecule has 1 aliphatic rings. The molecule has 0 unspecified atom stereocenters. The van der Waals surface area contributed by atoms with E-state index in [0.717, 1.165) is 27.9 Å². The Morgan fingerprint density at radius 1 is 1.16 bits per heavy atom. The van der Waals surface area contributed by atoms with E-state index in [9.17, 15) is 9.59 Å². The van der Waals surface area contributed by atoms with Crippen LogP contribution in [0.4, 0.5) is 0 Å². The molecule has 0 aliphatic carbocycles. The normalized spacial score (nSPS) is 16.9. The number of furan rings is 1. The largest absolute Gasteiger partial charge is 0.461 e. The summed E-state index contributed by atoms with van der Waals surface area (Å²) >= 11 is 0. The van der Waals surface area contributed by atoms with Crippen LogP contribution < -0.4 is 5.32 Å². The van der Waals surface area contributed by atoms with Crippen molar-refractivity contribution in [3.05, 3.63) is 35.1 Å². The number of hydrogen-bond donors (Lipinski definition) is 1. The smallest absolute Gasteiger partial charge is 0.227 e. The number of aryl methyl sites for hydroxylation is 2. The standard InChI is InChI=1S/C15H15NO3/c1-8-9(2)19-12-5-3-4-11(15(8)12)10-6-13(17)16-14(18)7-10/h3-5,10H,6-7H2,1-2H3,(H,16,17,18). The zero-order valence-corrected chi connectivity index (χ0v) is 10.9. The third kappa shape index (κ3) is 1.93. The third-order valence-electron chi connectivity index (χ3n) is 3.81. The number of rotatable bonds is 1. The van der Waals surface area contributed by atoms with Crippen LogP contribution in [0.25, 0.3) is 11.0 Å².